The van der Waals surface area contributed by atoms with Crippen molar-refractivity contribution in [1.29, 1.82) is 0 Å². The quantitative estimate of drug-likeness (QED) is 0.485. The fraction of sp³-hybridized carbons (Fsp3) is 0.200. The lowest BCUT2D eigenvalue weighted by Gasteiger charge is -2.06. The predicted molar refractivity (Wildman–Crippen MR) is 112 cm³/mol. The average Bonchev–Trinajstić information content (AvgIpc) is 3.44. The molecule has 0 radical (unpaired) electrons. The average molecular weight is 406 g/mol. The summed E-state index contributed by atoms with van der Waals surface area (Å²) in [6.07, 6.45) is 4.18. The van der Waals surface area contributed by atoms with E-state index >= 15 is 0 Å². The van der Waals surface area contributed by atoms with Crippen molar-refractivity contribution in [3.63, 3.8) is 0 Å². The van der Waals surface area contributed by atoms with Gasteiger partial charge >= 0.3 is 0 Å². The third kappa shape index (κ3) is 2.99. The highest BCUT2D eigenvalue weighted by Gasteiger charge is 2.18. The molecule has 0 saturated heterocycles. The lowest BCUT2D eigenvalue weighted by atomic mass is 10.2. The third-order valence-corrected chi connectivity index (χ3v) is 6.04. The number of ether oxygens (including phenoxy) is 1. The number of H-pyrrole nitrogens is 1. The fourth-order valence-corrected chi connectivity index (χ4v) is 4.60. The molecule has 8 nitrogen and oxygen atoms in total. The summed E-state index contributed by atoms with van der Waals surface area (Å²) in [7, 11) is 3.51. The van der Waals surface area contributed by atoms with E-state index in [4.69, 9.17) is 9.72 Å². The Bertz CT molecular complexity index is 1360. The van der Waals surface area contributed by atoms with Gasteiger partial charge in [-0.05, 0) is 23.8 Å². The van der Waals surface area contributed by atoms with Gasteiger partial charge in [0.25, 0.3) is 5.56 Å². The molecule has 0 aliphatic rings. The summed E-state index contributed by atoms with van der Waals surface area (Å²) >= 11 is 1.59. The highest BCUT2D eigenvalue weighted by molar-refractivity contribution is 7.19. The SMILES string of the molecule is COc1ccc(Cn2ncc3c4sc(Cc5ccn[nH]5)nc4n(C)c3c2=O)cc1. The van der Waals surface area contributed by atoms with Gasteiger partial charge in [0.05, 0.1) is 24.6 Å². The van der Waals surface area contributed by atoms with E-state index in [0.717, 1.165) is 37.7 Å². The Balaban J connectivity index is 1.54. The second-order valence-electron chi connectivity index (χ2n) is 6.80. The van der Waals surface area contributed by atoms with Gasteiger partial charge in [0, 0.05) is 30.7 Å². The molecule has 146 valence electrons. The zero-order chi connectivity index (χ0) is 20.0. The maximum atomic E-state index is 13.1. The lowest BCUT2D eigenvalue weighted by molar-refractivity contribution is 0.414. The number of hydrogen-bond acceptors (Lipinski definition) is 6. The minimum Gasteiger partial charge on any atom is -0.497 e. The molecule has 0 saturated carbocycles. The Kier molecular flexibility index (Phi) is 4.17. The van der Waals surface area contributed by atoms with Gasteiger partial charge in [0.2, 0.25) is 0 Å². The predicted octanol–water partition coefficient (Wildman–Crippen LogP) is 2.72. The molecular weight excluding hydrogens is 388 g/mol. The summed E-state index contributed by atoms with van der Waals surface area (Å²) in [5.74, 6) is 0.782. The Morgan fingerprint density at radius 2 is 2.03 bits per heavy atom. The van der Waals surface area contributed by atoms with Crippen molar-refractivity contribution in [3.05, 3.63) is 69.3 Å². The minimum absolute atomic E-state index is 0.124. The molecule has 0 bridgehead atoms. The molecular formula is C20H18N6O2S. The molecule has 4 heterocycles. The summed E-state index contributed by atoms with van der Waals surface area (Å²) in [6, 6.07) is 9.56. The first-order valence-corrected chi connectivity index (χ1v) is 9.91. The molecule has 5 rings (SSSR count). The van der Waals surface area contributed by atoms with Crippen LogP contribution in [0.5, 0.6) is 5.75 Å². The zero-order valence-corrected chi connectivity index (χ0v) is 16.7. The van der Waals surface area contributed by atoms with Crippen molar-refractivity contribution in [2.45, 2.75) is 13.0 Å². The number of fused-ring (bicyclic) bond motifs is 3. The van der Waals surface area contributed by atoms with Gasteiger partial charge in [0.1, 0.15) is 16.3 Å². The van der Waals surface area contributed by atoms with Gasteiger partial charge in [-0.3, -0.25) is 9.89 Å². The van der Waals surface area contributed by atoms with Crippen LogP contribution in [0.2, 0.25) is 0 Å². The van der Waals surface area contributed by atoms with E-state index in [1.165, 1.54) is 4.68 Å². The molecule has 29 heavy (non-hydrogen) atoms. The number of aromatic nitrogens is 6. The molecule has 0 unspecified atom stereocenters. The summed E-state index contributed by atoms with van der Waals surface area (Å²) < 4.78 is 9.52. The van der Waals surface area contributed by atoms with Crippen LogP contribution in [0.3, 0.4) is 0 Å². The van der Waals surface area contributed by atoms with Crippen molar-refractivity contribution < 1.29 is 4.74 Å². The van der Waals surface area contributed by atoms with Crippen molar-refractivity contribution in [2.24, 2.45) is 7.05 Å². The normalized spacial score (nSPS) is 11.5. The molecule has 0 fully saturated rings. The van der Waals surface area contributed by atoms with Crippen LogP contribution in [0.4, 0.5) is 0 Å². The van der Waals surface area contributed by atoms with E-state index in [1.807, 2.05) is 41.9 Å². The zero-order valence-electron chi connectivity index (χ0n) is 15.9. The van der Waals surface area contributed by atoms with Crippen LogP contribution in [-0.4, -0.2) is 36.6 Å². The highest BCUT2D eigenvalue weighted by atomic mass is 32.1. The largest absolute Gasteiger partial charge is 0.497 e. The van der Waals surface area contributed by atoms with Gasteiger partial charge in [0.15, 0.2) is 5.65 Å². The number of rotatable bonds is 5. The molecule has 9 heteroatoms. The van der Waals surface area contributed by atoms with Gasteiger partial charge in [-0.25, -0.2) is 9.67 Å². The summed E-state index contributed by atoms with van der Waals surface area (Å²) in [5.41, 5.74) is 3.29. The molecule has 1 N–H and O–H groups in total. The number of methoxy groups -OCH3 is 1. The molecule has 4 aromatic heterocycles. The van der Waals surface area contributed by atoms with Gasteiger partial charge < -0.3 is 9.30 Å². The summed E-state index contributed by atoms with van der Waals surface area (Å²) in [6.45, 7) is 0.399. The third-order valence-electron chi connectivity index (χ3n) is 4.96. The Morgan fingerprint density at radius 3 is 2.76 bits per heavy atom. The summed E-state index contributed by atoms with van der Waals surface area (Å²) in [5, 5.41) is 13.2. The van der Waals surface area contributed by atoms with Crippen LogP contribution < -0.4 is 10.3 Å². The van der Waals surface area contributed by atoms with E-state index < -0.39 is 0 Å². The second-order valence-corrected chi connectivity index (χ2v) is 7.88. The Hall–Kier alpha value is -3.46. The Labute approximate surface area is 169 Å². The van der Waals surface area contributed by atoms with Crippen molar-refractivity contribution in [1.82, 2.24) is 29.5 Å². The monoisotopic (exact) mass is 406 g/mol. The number of thiazole rings is 1. The van der Waals surface area contributed by atoms with Gasteiger partial charge in [-0.2, -0.15) is 10.2 Å². The smallest absolute Gasteiger partial charge is 0.291 e. The highest BCUT2D eigenvalue weighted by Crippen LogP contribution is 2.31. The van der Waals surface area contributed by atoms with Crippen molar-refractivity contribution in [2.75, 3.05) is 7.11 Å². The van der Waals surface area contributed by atoms with E-state index in [9.17, 15) is 4.79 Å². The maximum absolute atomic E-state index is 13.1. The van der Waals surface area contributed by atoms with Crippen molar-refractivity contribution >= 4 is 32.6 Å². The Morgan fingerprint density at radius 1 is 1.21 bits per heavy atom. The molecule has 0 spiro atoms. The molecule has 5 aromatic rings. The minimum atomic E-state index is -0.124. The van der Waals surface area contributed by atoms with Crippen LogP contribution in [0.1, 0.15) is 16.3 Å². The van der Waals surface area contributed by atoms with E-state index in [-0.39, 0.29) is 5.56 Å². The number of hydrogen-bond donors (Lipinski definition) is 1. The number of nitrogens with zero attached hydrogens (tertiary/aromatic N) is 5. The maximum Gasteiger partial charge on any atom is 0.291 e. The first-order valence-electron chi connectivity index (χ1n) is 9.09. The molecule has 0 aliphatic heterocycles. The van der Waals surface area contributed by atoms with Crippen LogP contribution in [-0.2, 0) is 20.0 Å². The second kappa shape index (κ2) is 6.85. The fourth-order valence-electron chi connectivity index (χ4n) is 3.47. The topological polar surface area (TPSA) is 90.6 Å². The number of aromatic amines is 1. The van der Waals surface area contributed by atoms with E-state index in [1.54, 1.807) is 30.8 Å². The number of aryl methyl sites for hydroxylation is 1. The van der Waals surface area contributed by atoms with Crippen LogP contribution in [0, 0.1) is 0 Å². The van der Waals surface area contributed by atoms with Gasteiger partial charge in [-0.1, -0.05) is 12.1 Å². The van der Waals surface area contributed by atoms with E-state index in [0.29, 0.717) is 18.5 Å². The number of benzene rings is 1. The first-order chi connectivity index (χ1) is 14.1. The van der Waals surface area contributed by atoms with Crippen molar-refractivity contribution in [3.8, 4) is 5.75 Å². The van der Waals surface area contributed by atoms with Crippen LogP contribution in [0.25, 0.3) is 21.3 Å². The van der Waals surface area contributed by atoms with Crippen LogP contribution in [0.15, 0.2) is 47.5 Å². The van der Waals surface area contributed by atoms with Gasteiger partial charge in [-0.15, -0.1) is 11.3 Å². The lowest BCUT2D eigenvalue weighted by Crippen LogP contribution is -2.24. The molecule has 1 aromatic carbocycles. The molecule has 0 aliphatic carbocycles. The molecule has 0 atom stereocenters. The van der Waals surface area contributed by atoms with Crippen LogP contribution >= 0.6 is 11.3 Å². The van der Waals surface area contributed by atoms with E-state index in [2.05, 4.69) is 15.3 Å². The standard InChI is InChI=1S/C20H18N6O2S/c1-25-17-15(18-19(25)23-16(29-18)9-13-7-8-21-24-13)10-22-26(20(17)27)11-12-3-5-14(28-2)6-4-12/h3-8,10H,9,11H2,1-2H3,(H,21,24). The number of nitrogens with one attached hydrogen (secondary N) is 1. The summed E-state index contributed by atoms with van der Waals surface area (Å²) in [4.78, 5) is 17.8. The first kappa shape index (κ1) is 17.6. The molecule has 0 amide bonds.